The van der Waals surface area contributed by atoms with Crippen LogP contribution < -0.4 is 10.2 Å². The van der Waals surface area contributed by atoms with Crippen molar-refractivity contribution in [2.24, 2.45) is 0 Å². The first-order valence-corrected chi connectivity index (χ1v) is 9.52. The third-order valence-electron chi connectivity index (χ3n) is 5.81. The van der Waals surface area contributed by atoms with Crippen molar-refractivity contribution in [3.05, 3.63) is 70.8 Å². The molecular formula is C21H13ClF3N3O2. The average Bonchev–Trinajstić information content (AvgIpc) is 2.96. The van der Waals surface area contributed by atoms with Gasteiger partial charge in [0.1, 0.15) is 5.54 Å². The maximum atomic E-state index is 14.2. The van der Waals surface area contributed by atoms with Gasteiger partial charge in [0, 0.05) is 22.0 Å². The molecule has 1 N–H and O–H groups in total. The minimum absolute atomic E-state index is 0.0162. The number of hydrogen-bond acceptors (Lipinski definition) is 3. The molecule has 152 valence electrons. The number of halogens is 4. The lowest BCUT2D eigenvalue weighted by Crippen LogP contribution is -2.56. The van der Waals surface area contributed by atoms with Gasteiger partial charge < -0.3 is 5.32 Å². The number of imide groups is 1. The molecular weight excluding hydrogens is 419 g/mol. The van der Waals surface area contributed by atoms with Crippen molar-refractivity contribution in [2.75, 3.05) is 4.90 Å². The van der Waals surface area contributed by atoms with Crippen LogP contribution in [0.3, 0.4) is 0 Å². The van der Waals surface area contributed by atoms with Crippen LogP contribution in [-0.2, 0) is 4.79 Å². The topological polar surface area (TPSA) is 62.3 Å². The number of aromatic nitrogens is 1. The second-order valence-corrected chi connectivity index (χ2v) is 7.93. The monoisotopic (exact) mass is 431 g/mol. The Hall–Kier alpha value is -3.13. The summed E-state index contributed by atoms with van der Waals surface area (Å²) in [6.45, 7) is 0. The van der Waals surface area contributed by atoms with Gasteiger partial charge in [-0.15, -0.1) is 0 Å². The van der Waals surface area contributed by atoms with E-state index in [-0.39, 0.29) is 22.4 Å². The summed E-state index contributed by atoms with van der Waals surface area (Å²) in [6, 6.07) is 7.30. The fraction of sp³-hybridized carbons (Fsp3) is 0.190. The second-order valence-electron chi connectivity index (χ2n) is 7.52. The van der Waals surface area contributed by atoms with Gasteiger partial charge in [0.05, 0.1) is 11.9 Å². The molecule has 30 heavy (non-hydrogen) atoms. The van der Waals surface area contributed by atoms with Crippen molar-refractivity contribution >= 4 is 40.0 Å². The Morgan fingerprint density at radius 3 is 2.53 bits per heavy atom. The van der Waals surface area contributed by atoms with Crippen LogP contribution >= 0.6 is 11.6 Å². The van der Waals surface area contributed by atoms with E-state index in [2.05, 4.69) is 10.3 Å². The van der Waals surface area contributed by atoms with E-state index in [0.717, 1.165) is 28.9 Å². The molecule has 2 fully saturated rings. The van der Waals surface area contributed by atoms with Crippen molar-refractivity contribution in [1.82, 2.24) is 10.3 Å². The maximum Gasteiger partial charge on any atom is 0.329 e. The van der Waals surface area contributed by atoms with Crippen molar-refractivity contribution in [1.29, 1.82) is 0 Å². The molecule has 0 unspecified atom stereocenters. The molecule has 2 heterocycles. The molecule has 1 aliphatic heterocycles. The van der Waals surface area contributed by atoms with E-state index in [9.17, 15) is 22.8 Å². The molecule has 1 aliphatic carbocycles. The van der Waals surface area contributed by atoms with Gasteiger partial charge in [0.15, 0.2) is 17.5 Å². The zero-order valence-electron chi connectivity index (χ0n) is 15.3. The number of anilines is 1. The Morgan fingerprint density at radius 2 is 1.80 bits per heavy atom. The minimum Gasteiger partial charge on any atom is -0.323 e. The normalized spacial score (nSPS) is 23.2. The van der Waals surface area contributed by atoms with Crippen LogP contribution in [0.4, 0.5) is 23.7 Å². The van der Waals surface area contributed by atoms with Gasteiger partial charge in [-0.2, -0.15) is 0 Å². The molecule has 2 aliphatic rings. The highest BCUT2D eigenvalue weighted by molar-refractivity contribution is 6.31. The lowest BCUT2D eigenvalue weighted by Gasteiger charge is -2.43. The van der Waals surface area contributed by atoms with Crippen LogP contribution in [0.15, 0.2) is 42.7 Å². The Labute approximate surface area is 173 Å². The molecule has 5 nitrogen and oxygen atoms in total. The summed E-state index contributed by atoms with van der Waals surface area (Å²) in [7, 11) is 0. The summed E-state index contributed by atoms with van der Waals surface area (Å²) in [6.07, 6.45) is 2.85. The number of hydrogen-bond donors (Lipinski definition) is 1. The van der Waals surface area contributed by atoms with E-state index in [1.807, 2.05) is 12.1 Å². The fourth-order valence-corrected chi connectivity index (χ4v) is 4.59. The molecule has 3 amide bonds. The molecule has 1 aromatic heterocycles. The third-order valence-corrected chi connectivity index (χ3v) is 6.16. The number of amides is 3. The smallest absolute Gasteiger partial charge is 0.323 e. The number of nitrogens with zero attached hydrogens (tertiary/aromatic N) is 2. The highest BCUT2D eigenvalue weighted by atomic mass is 35.5. The van der Waals surface area contributed by atoms with E-state index < -0.39 is 34.9 Å². The molecule has 0 bridgehead atoms. The molecule has 9 heteroatoms. The highest BCUT2D eigenvalue weighted by Crippen LogP contribution is 2.50. The summed E-state index contributed by atoms with van der Waals surface area (Å²) < 4.78 is 41.6. The van der Waals surface area contributed by atoms with E-state index >= 15 is 0 Å². The third kappa shape index (κ3) is 2.53. The zero-order valence-corrected chi connectivity index (χ0v) is 16.0. The number of urea groups is 1. The highest BCUT2D eigenvalue weighted by Gasteiger charge is 2.59. The summed E-state index contributed by atoms with van der Waals surface area (Å²) in [5.74, 6) is -5.05. The van der Waals surface area contributed by atoms with Crippen LogP contribution in [0.25, 0.3) is 10.8 Å². The molecule has 0 atom stereocenters. The first-order valence-electron chi connectivity index (χ1n) is 9.15. The summed E-state index contributed by atoms with van der Waals surface area (Å²) >= 11 is 6.23. The standard InChI is InChI=1S/C21H13ClF3N3O2/c22-14-4-2-1-3-11(14)10-6-21(7-10)19(29)28(20(30)27-21)16-9-26-8-13-12(16)5-15(23)18(25)17(13)24/h1-5,8-10H,6-7H2,(H,27,30). The maximum absolute atomic E-state index is 14.2. The first-order chi connectivity index (χ1) is 14.3. The number of carbonyl (C=O) groups excluding carboxylic acids is 2. The van der Waals surface area contributed by atoms with E-state index in [1.54, 1.807) is 12.1 Å². The Kier molecular flexibility index (Phi) is 4.05. The first kappa shape index (κ1) is 18.9. The number of carbonyl (C=O) groups is 2. The lowest BCUT2D eigenvalue weighted by molar-refractivity contribution is -0.125. The van der Waals surface area contributed by atoms with Crippen LogP contribution in [0.2, 0.25) is 5.02 Å². The van der Waals surface area contributed by atoms with Crippen LogP contribution in [0.5, 0.6) is 0 Å². The Bertz CT molecular complexity index is 1240. The number of rotatable bonds is 2. The van der Waals surface area contributed by atoms with Crippen molar-refractivity contribution in [2.45, 2.75) is 24.3 Å². The van der Waals surface area contributed by atoms with Gasteiger partial charge in [-0.3, -0.25) is 9.78 Å². The average molecular weight is 432 g/mol. The molecule has 1 saturated carbocycles. The Morgan fingerprint density at radius 1 is 1.07 bits per heavy atom. The molecule has 3 aromatic rings. The van der Waals surface area contributed by atoms with Crippen LogP contribution in [-0.4, -0.2) is 22.5 Å². The van der Waals surface area contributed by atoms with Crippen molar-refractivity contribution in [3.8, 4) is 0 Å². The minimum atomic E-state index is -1.64. The van der Waals surface area contributed by atoms with Gasteiger partial charge in [0.2, 0.25) is 0 Å². The molecule has 2 aromatic carbocycles. The summed E-state index contributed by atoms with van der Waals surface area (Å²) in [5, 5.41) is 2.83. The lowest BCUT2D eigenvalue weighted by atomic mass is 9.65. The van der Waals surface area contributed by atoms with Gasteiger partial charge in [-0.25, -0.2) is 22.9 Å². The van der Waals surface area contributed by atoms with Gasteiger partial charge in [-0.1, -0.05) is 29.8 Å². The number of benzene rings is 2. The molecule has 1 saturated heterocycles. The second kappa shape index (κ2) is 6.43. The summed E-state index contributed by atoms with van der Waals surface area (Å²) in [5.41, 5.74) is -0.345. The van der Waals surface area contributed by atoms with E-state index in [4.69, 9.17) is 11.6 Å². The van der Waals surface area contributed by atoms with Gasteiger partial charge >= 0.3 is 6.03 Å². The molecule has 1 spiro atoms. The zero-order chi connectivity index (χ0) is 21.2. The summed E-state index contributed by atoms with van der Waals surface area (Å²) in [4.78, 5) is 30.5. The quantitative estimate of drug-likeness (QED) is 0.473. The predicted octanol–water partition coefficient (Wildman–Crippen LogP) is 4.68. The van der Waals surface area contributed by atoms with Crippen molar-refractivity contribution < 1.29 is 22.8 Å². The fourth-order valence-electron chi connectivity index (χ4n) is 4.30. The van der Waals surface area contributed by atoms with Crippen molar-refractivity contribution in [3.63, 3.8) is 0 Å². The number of fused-ring (bicyclic) bond motifs is 1. The molecule has 5 rings (SSSR count). The van der Waals surface area contributed by atoms with Crippen LogP contribution in [0.1, 0.15) is 24.3 Å². The molecule has 0 radical (unpaired) electrons. The SMILES string of the molecule is O=C1NC2(CC(c3ccccc3Cl)C2)C(=O)N1c1cncc2c(F)c(F)c(F)cc12. The predicted molar refractivity (Wildman–Crippen MR) is 104 cm³/mol. The van der Waals surface area contributed by atoms with E-state index in [0.29, 0.717) is 17.9 Å². The largest absolute Gasteiger partial charge is 0.329 e. The van der Waals surface area contributed by atoms with E-state index in [1.165, 1.54) is 0 Å². The van der Waals surface area contributed by atoms with Gasteiger partial charge in [0.25, 0.3) is 5.91 Å². The van der Waals surface area contributed by atoms with Crippen LogP contribution in [0, 0.1) is 17.5 Å². The Balaban J connectivity index is 1.52. The van der Waals surface area contributed by atoms with Gasteiger partial charge in [-0.05, 0) is 36.5 Å². The number of nitrogens with one attached hydrogen (secondary N) is 1. The number of pyridine rings is 1.